The molecule has 0 bridgehead atoms. The SMILES string of the molecule is CN(C)CCc1noc([C@H](N)Cc2ccc(O)cc2)n1. The number of nitrogens with zero attached hydrogens (tertiary/aromatic N) is 3. The third kappa shape index (κ3) is 4.04. The van der Waals surface area contributed by atoms with Gasteiger partial charge in [-0.05, 0) is 38.2 Å². The fraction of sp³-hybridized carbons (Fsp3) is 0.429. The zero-order chi connectivity index (χ0) is 14.5. The van der Waals surface area contributed by atoms with Crippen LogP contribution < -0.4 is 5.73 Å². The highest BCUT2D eigenvalue weighted by atomic mass is 16.5. The minimum Gasteiger partial charge on any atom is -0.508 e. The molecule has 0 spiro atoms. The molecule has 1 aromatic heterocycles. The topological polar surface area (TPSA) is 88.4 Å². The summed E-state index contributed by atoms with van der Waals surface area (Å²) in [4.78, 5) is 6.38. The molecule has 0 aliphatic rings. The summed E-state index contributed by atoms with van der Waals surface area (Å²) in [7, 11) is 4.00. The first-order valence-corrected chi connectivity index (χ1v) is 6.55. The molecule has 6 nitrogen and oxygen atoms in total. The van der Waals surface area contributed by atoms with E-state index < -0.39 is 0 Å². The van der Waals surface area contributed by atoms with Crippen molar-refractivity contribution < 1.29 is 9.63 Å². The average Bonchev–Trinajstić information content (AvgIpc) is 2.88. The Morgan fingerprint density at radius 2 is 2.00 bits per heavy atom. The minimum atomic E-state index is -0.333. The smallest absolute Gasteiger partial charge is 0.243 e. The number of phenolic OH excluding ortho intramolecular Hbond substituents is 1. The quantitative estimate of drug-likeness (QED) is 0.822. The van der Waals surface area contributed by atoms with Crippen LogP contribution in [0.2, 0.25) is 0 Å². The second kappa shape index (κ2) is 6.49. The molecule has 20 heavy (non-hydrogen) atoms. The van der Waals surface area contributed by atoms with Crippen LogP contribution in [0.5, 0.6) is 5.75 Å². The Morgan fingerprint density at radius 3 is 2.65 bits per heavy atom. The van der Waals surface area contributed by atoms with Crippen molar-refractivity contribution in [3.8, 4) is 5.75 Å². The van der Waals surface area contributed by atoms with Crippen LogP contribution in [0.25, 0.3) is 0 Å². The average molecular weight is 276 g/mol. The highest BCUT2D eigenvalue weighted by Gasteiger charge is 2.15. The molecule has 0 aliphatic carbocycles. The van der Waals surface area contributed by atoms with Crippen molar-refractivity contribution in [3.05, 3.63) is 41.5 Å². The van der Waals surface area contributed by atoms with E-state index in [1.54, 1.807) is 12.1 Å². The molecule has 2 rings (SSSR count). The largest absolute Gasteiger partial charge is 0.508 e. The summed E-state index contributed by atoms with van der Waals surface area (Å²) in [6.07, 6.45) is 1.33. The molecule has 0 amide bonds. The van der Waals surface area contributed by atoms with Gasteiger partial charge in [0, 0.05) is 13.0 Å². The van der Waals surface area contributed by atoms with E-state index >= 15 is 0 Å². The number of benzene rings is 1. The lowest BCUT2D eigenvalue weighted by atomic mass is 10.1. The van der Waals surface area contributed by atoms with Gasteiger partial charge in [0.15, 0.2) is 5.82 Å². The minimum absolute atomic E-state index is 0.242. The fourth-order valence-electron chi connectivity index (χ4n) is 1.82. The molecule has 0 saturated carbocycles. The van der Waals surface area contributed by atoms with Gasteiger partial charge in [0.05, 0.1) is 6.04 Å². The zero-order valence-corrected chi connectivity index (χ0v) is 11.8. The third-order valence-corrected chi connectivity index (χ3v) is 2.98. The summed E-state index contributed by atoms with van der Waals surface area (Å²) < 4.78 is 5.20. The van der Waals surface area contributed by atoms with Crippen molar-refractivity contribution in [1.29, 1.82) is 0 Å². The third-order valence-electron chi connectivity index (χ3n) is 2.98. The van der Waals surface area contributed by atoms with E-state index in [2.05, 4.69) is 15.0 Å². The number of likely N-dealkylation sites (N-methyl/N-ethyl adjacent to an activating group) is 1. The van der Waals surface area contributed by atoms with Crippen LogP contribution in [0, 0.1) is 0 Å². The fourth-order valence-corrected chi connectivity index (χ4v) is 1.82. The van der Waals surface area contributed by atoms with Crippen molar-refractivity contribution in [2.45, 2.75) is 18.9 Å². The monoisotopic (exact) mass is 276 g/mol. The van der Waals surface area contributed by atoms with Crippen LogP contribution in [0.4, 0.5) is 0 Å². The van der Waals surface area contributed by atoms with Crippen molar-refractivity contribution in [1.82, 2.24) is 15.0 Å². The number of hydrogen-bond donors (Lipinski definition) is 2. The highest BCUT2D eigenvalue weighted by molar-refractivity contribution is 5.26. The Bertz CT molecular complexity index is 536. The Hall–Kier alpha value is -1.92. The molecule has 0 fully saturated rings. The van der Waals surface area contributed by atoms with Crippen LogP contribution in [0.1, 0.15) is 23.3 Å². The highest BCUT2D eigenvalue weighted by Crippen LogP contribution is 2.17. The first-order chi connectivity index (χ1) is 9.54. The Labute approximate surface area is 118 Å². The number of aromatic hydroxyl groups is 1. The molecule has 0 saturated heterocycles. The number of phenols is 1. The Balaban J connectivity index is 1.95. The summed E-state index contributed by atoms with van der Waals surface area (Å²) in [5, 5.41) is 13.2. The zero-order valence-electron chi connectivity index (χ0n) is 11.8. The summed E-state index contributed by atoms with van der Waals surface area (Å²) in [6, 6.07) is 6.61. The summed E-state index contributed by atoms with van der Waals surface area (Å²) in [6.45, 7) is 0.867. The van der Waals surface area contributed by atoms with E-state index in [4.69, 9.17) is 10.3 Å². The first-order valence-electron chi connectivity index (χ1n) is 6.55. The maximum Gasteiger partial charge on any atom is 0.243 e. The van der Waals surface area contributed by atoms with E-state index in [1.165, 1.54) is 0 Å². The predicted octanol–water partition coefficient (Wildman–Crippen LogP) is 1.12. The van der Waals surface area contributed by atoms with E-state index in [1.807, 2.05) is 26.2 Å². The van der Waals surface area contributed by atoms with Gasteiger partial charge >= 0.3 is 0 Å². The van der Waals surface area contributed by atoms with E-state index in [0.717, 1.165) is 18.5 Å². The van der Waals surface area contributed by atoms with Gasteiger partial charge in [-0.25, -0.2) is 0 Å². The molecule has 0 aliphatic heterocycles. The van der Waals surface area contributed by atoms with Crippen molar-refractivity contribution in [2.24, 2.45) is 5.73 Å². The van der Waals surface area contributed by atoms with Gasteiger partial charge in [-0.3, -0.25) is 0 Å². The lowest BCUT2D eigenvalue weighted by Crippen LogP contribution is -2.16. The summed E-state index contributed by atoms with van der Waals surface area (Å²) >= 11 is 0. The second-order valence-electron chi connectivity index (χ2n) is 5.08. The number of hydrogen-bond acceptors (Lipinski definition) is 6. The van der Waals surface area contributed by atoms with Crippen LogP contribution >= 0.6 is 0 Å². The molecule has 2 aromatic rings. The van der Waals surface area contributed by atoms with Crippen molar-refractivity contribution in [3.63, 3.8) is 0 Å². The maximum absolute atomic E-state index is 9.24. The normalized spacial score (nSPS) is 12.8. The first kappa shape index (κ1) is 14.5. The van der Waals surface area contributed by atoms with Crippen LogP contribution in [-0.4, -0.2) is 40.8 Å². The van der Waals surface area contributed by atoms with E-state index in [-0.39, 0.29) is 11.8 Å². The summed E-state index contributed by atoms with van der Waals surface area (Å²) in [5.41, 5.74) is 7.08. The predicted molar refractivity (Wildman–Crippen MR) is 75.3 cm³/mol. The molecular weight excluding hydrogens is 256 g/mol. The van der Waals surface area contributed by atoms with Crippen molar-refractivity contribution in [2.75, 3.05) is 20.6 Å². The van der Waals surface area contributed by atoms with Crippen LogP contribution in [0.15, 0.2) is 28.8 Å². The molecule has 1 heterocycles. The molecule has 6 heteroatoms. The van der Waals surface area contributed by atoms with Gasteiger partial charge in [-0.15, -0.1) is 0 Å². The number of nitrogens with two attached hydrogens (primary N) is 1. The Kier molecular flexibility index (Phi) is 4.70. The van der Waals surface area contributed by atoms with E-state index in [9.17, 15) is 5.11 Å². The molecule has 1 aromatic carbocycles. The van der Waals surface area contributed by atoms with Crippen LogP contribution in [-0.2, 0) is 12.8 Å². The number of aromatic nitrogens is 2. The second-order valence-corrected chi connectivity index (χ2v) is 5.08. The van der Waals surface area contributed by atoms with E-state index in [0.29, 0.717) is 18.1 Å². The lowest BCUT2D eigenvalue weighted by Gasteiger charge is -2.07. The Morgan fingerprint density at radius 1 is 1.30 bits per heavy atom. The van der Waals surface area contributed by atoms with Gasteiger partial charge in [0.2, 0.25) is 5.89 Å². The van der Waals surface area contributed by atoms with Gasteiger partial charge in [-0.1, -0.05) is 17.3 Å². The molecule has 1 atom stereocenters. The molecular formula is C14H20N4O2. The summed E-state index contributed by atoms with van der Waals surface area (Å²) in [5.74, 6) is 1.37. The van der Waals surface area contributed by atoms with Crippen LogP contribution in [0.3, 0.4) is 0 Å². The van der Waals surface area contributed by atoms with Gasteiger partial charge in [-0.2, -0.15) is 4.98 Å². The maximum atomic E-state index is 9.24. The molecule has 0 unspecified atom stereocenters. The lowest BCUT2D eigenvalue weighted by molar-refractivity contribution is 0.346. The van der Waals surface area contributed by atoms with Gasteiger partial charge in [0.1, 0.15) is 5.75 Å². The number of rotatable bonds is 6. The molecule has 0 radical (unpaired) electrons. The standard InChI is InChI=1S/C14H20N4O2/c1-18(2)8-7-13-16-14(20-17-13)12(15)9-10-3-5-11(19)6-4-10/h3-6,12,19H,7-9,15H2,1-2H3/t12-/m1/s1. The van der Waals surface area contributed by atoms with Gasteiger partial charge < -0.3 is 20.3 Å². The van der Waals surface area contributed by atoms with Crippen molar-refractivity contribution >= 4 is 0 Å². The molecule has 3 N–H and O–H groups in total. The van der Waals surface area contributed by atoms with Gasteiger partial charge in [0.25, 0.3) is 0 Å². The molecule has 108 valence electrons.